The summed E-state index contributed by atoms with van der Waals surface area (Å²) < 4.78 is 99.2. The summed E-state index contributed by atoms with van der Waals surface area (Å²) in [7, 11) is 0. The molecule has 0 aliphatic heterocycles. The monoisotopic (exact) mass is 233 g/mol. The lowest BCUT2D eigenvalue weighted by molar-refractivity contribution is -0.332. The average Bonchev–Trinajstić information content (AvgIpc) is 1.84. The van der Waals surface area contributed by atoms with Gasteiger partial charge in [-0.3, -0.25) is 0 Å². The number of hydrogen-bond acceptors (Lipinski definition) is 1. The van der Waals surface area contributed by atoms with Gasteiger partial charge in [0, 0.05) is 0 Å². The molecule has 0 rings (SSSR count). The van der Waals surface area contributed by atoms with Crippen LogP contribution < -0.4 is 0 Å². The Hall–Kier alpha value is -0.380. The molecule has 79 valence electrons. The van der Waals surface area contributed by atoms with Gasteiger partial charge in [0.25, 0.3) is 11.1 Å². The van der Waals surface area contributed by atoms with Gasteiger partial charge in [-0.2, -0.15) is 30.7 Å². The van der Waals surface area contributed by atoms with Crippen LogP contribution in [0.1, 0.15) is 0 Å². The van der Waals surface area contributed by atoms with Crippen molar-refractivity contribution in [1.29, 1.82) is 0 Å². The highest BCUT2D eigenvalue weighted by Crippen LogP contribution is 2.47. The highest BCUT2D eigenvalue weighted by molar-refractivity contribution is 7.80. The van der Waals surface area contributed by atoms with Crippen LogP contribution >= 0.6 is 0 Å². The molecule has 1 radical (unpaired) electrons. The standard InChI is InChI=1S/C3F7O2S/c4-1(5,2(6,7)8)3(9,10)13(11)12. The van der Waals surface area contributed by atoms with Crippen molar-refractivity contribution < 1.29 is 39.5 Å². The Morgan fingerprint density at radius 3 is 1.23 bits per heavy atom. The van der Waals surface area contributed by atoms with Crippen molar-refractivity contribution in [2.45, 2.75) is 17.4 Å². The number of rotatable bonds is 2. The number of hydrogen-bond donors (Lipinski definition) is 0. The molecule has 0 spiro atoms. The summed E-state index contributed by atoms with van der Waals surface area (Å²) in [6.45, 7) is 0. The van der Waals surface area contributed by atoms with Crippen LogP contribution in [0.25, 0.3) is 0 Å². The van der Waals surface area contributed by atoms with Gasteiger partial charge in [-0.15, -0.1) is 4.55 Å². The Morgan fingerprint density at radius 1 is 0.846 bits per heavy atom. The van der Waals surface area contributed by atoms with E-state index in [2.05, 4.69) is 0 Å². The third-order valence-corrected chi connectivity index (χ3v) is 1.61. The lowest BCUT2D eigenvalue weighted by Gasteiger charge is -2.24. The van der Waals surface area contributed by atoms with Crippen LogP contribution in [0, 0.1) is 0 Å². The van der Waals surface area contributed by atoms with E-state index < -0.39 is 28.4 Å². The zero-order valence-electron chi connectivity index (χ0n) is 5.37. The molecule has 0 aromatic carbocycles. The van der Waals surface area contributed by atoms with E-state index in [9.17, 15) is 39.5 Å². The molecule has 0 aromatic rings. The summed E-state index contributed by atoms with van der Waals surface area (Å²) in [5, 5.41) is -6.16. The van der Waals surface area contributed by atoms with Crippen molar-refractivity contribution in [2.24, 2.45) is 0 Å². The molecule has 1 atom stereocenters. The Morgan fingerprint density at radius 2 is 1.15 bits per heavy atom. The van der Waals surface area contributed by atoms with E-state index >= 15 is 0 Å². The summed E-state index contributed by atoms with van der Waals surface area (Å²) >= 11 is -4.85. The van der Waals surface area contributed by atoms with E-state index in [0.717, 1.165) is 0 Å². The van der Waals surface area contributed by atoms with Gasteiger partial charge in [0.15, 0.2) is 0 Å². The van der Waals surface area contributed by atoms with Gasteiger partial charge >= 0.3 is 17.4 Å². The van der Waals surface area contributed by atoms with Crippen LogP contribution in [0.4, 0.5) is 30.7 Å². The minimum atomic E-state index is -6.61. The van der Waals surface area contributed by atoms with E-state index in [1.807, 2.05) is 0 Å². The lowest BCUT2D eigenvalue weighted by atomic mass is 10.3. The Balaban J connectivity index is 5.16. The van der Waals surface area contributed by atoms with Crippen molar-refractivity contribution in [3.8, 4) is 0 Å². The van der Waals surface area contributed by atoms with Crippen LogP contribution in [0.15, 0.2) is 0 Å². The van der Waals surface area contributed by atoms with E-state index in [-0.39, 0.29) is 0 Å². The molecule has 0 aromatic heterocycles. The Labute approximate surface area is 69.0 Å². The van der Waals surface area contributed by atoms with Crippen molar-refractivity contribution >= 4 is 11.1 Å². The minimum Gasteiger partial charge on any atom is -0.220 e. The van der Waals surface area contributed by atoms with E-state index in [4.69, 9.17) is 0 Å². The Kier molecular flexibility index (Phi) is 2.99. The van der Waals surface area contributed by atoms with Gasteiger partial charge in [0.2, 0.25) is 0 Å². The molecule has 2 nitrogen and oxygen atoms in total. The smallest absolute Gasteiger partial charge is 0.220 e. The first-order valence-corrected chi connectivity index (χ1v) is 3.44. The minimum absolute atomic E-state index is 4.85. The summed E-state index contributed by atoms with van der Waals surface area (Å²) in [5.41, 5.74) is 0. The van der Waals surface area contributed by atoms with Gasteiger partial charge in [-0.1, -0.05) is 0 Å². The predicted octanol–water partition coefficient (Wildman–Crippen LogP) is 1.87. The molecule has 0 N–H and O–H groups in total. The largest absolute Gasteiger partial charge is 0.461 e. The number of halogens is 7. The normalized spacial score (nSPS) is 17.2. The predicted molar refractivity (Wildman–Crippen MR) is 24.8 cm³/mol. The average molecular weight is 233 g/mol. The van der Waals surface area contributed by atoms with Gasteiger partial charge in [0.05, 0.1) is 0 Å². The third-order valence-electron chi connectivity index (χ3n) is 0.931. The van der Waals surface area contributed by atoms with Gasteiger partial charge < -0.3 is 0 Å². The van der Waals surface area contributed by atoms with E-state index in [1.54, 1.807) is 0 Å². The molecule has 0 amide bonds. The molecular weight excluding hydrogens is 233 g/mol. The number of alkyl halides is 7. The molecule has 1 unspecified atom stereocenters. The zero-order chi connectivity index (χ0) is 11.1. The molecule has 0 aliphatic carbocycles. The maximum atomic E-state index is 11.7. The maximum absolute atomic E-state index is 11.7. The third kappa shape index (κ3) is 1.93. The van der Waals surface area contributed by atoms with Crippen molar-refractivity contribution in [2.75, 3.05) is 0 Å². The lowest BCUT2D eigenvalue weighted by Crippen LogP contribution is -2.53. The van der Waals surface area contributed by atoms with Crippen LogP contribution in [0.2, 0.25) is 0 Å². The van der Waals surface area contributed by atoms with Crippen molar-refractivity contribution in [3.63, 3.8) is 0 Å². The second-order valence-corrected chi connectivity index (χ2v) is 2.81. The fraction of sp³-hybridized carbons (Fsp3) is 1.00. The van der Waals surface area contributed by atoms with Crippen LogP contribution in [-0.4, -0.2) is 21.6 Å². The topological polar surface area (TPSA) is 37.0 Å². The van der Waals surface area contributed by atoms with Crippen LogP contribution in [0.3, 0.4) is 0 Å². The SMILES string of the molecule is [O]S(=O)C(F)(F)C(F)(F)C(F)(F)F. The first kappa shape index (κ1) is 12.6. The summed E-state index contributed by atoms with van der Waals surface area (Å²) in [5.74, 6) is -6.59. The second kappa shape index (κ2) is 3.08. The molecule has 0 saturated carbocycles. The molecule has 0 bridgehead atoms. The van der Waals surface area contributed by atoms with E-state index in [0.29, 0.717) is 0 Å². The fourth-order valence-electron chi connectivity index (χ4n) is 0.270. The summed E-state index contributed by atoms with van der Waals surface area (Å²) in [6.07, 6.45) is -6.61. The molecule has 13 heavy (non-hydrogen) atoms. The Bertz CT molecular complexity index is 220. The molecule has 0 aliphatic rings. The van der Waals surface area contributed by atoms with Crippen molar-refractivity contribution in [3.05, 3.63) is 0 Å². The highest BCUT2D eigenvalue weighted by Gasteiger charge is 2.76. The van der Waals surface area contributed by atoms with E-state index in [1.165, 1.54) is 0 Å². The molecule has 0 heterocycles. The first-order valence-electron chi connectivity index (χ1n) is 2.36. The van der Waals surface area contributed by atoms with Crippen LogP contribution in [-0.2, 0) is 15.6 Å². The summed E-state index contributed by atoms with van der Waals surface area (Å²) in [4.78, 5) is 0. The maximum Gasteiger partial charge on any atom is 0.461 e. The van der Waals surface area contributed by atoms with Crippen LogP contribution in [0.5, 0.6) is 0 Å². The zero-order valence-corrected chi connectivity index (χ0v) is 6.19. The quantitative estimate of drug-likeness (QED) is 0.671. The summed E-state index contributed by atoms with van der Waals surface area (Å²) in [6, 6.07) is 0. The molecular formula is C3F7O2S. The van der Waals surface area contributed by atoms with Gasteiger partial charge in [-0.25, -0.2) is 4.21 Å². The van der Waals surface area contributed by atoms with Gasteiger partial charge in [0.1, 0.15) is 0 Å². The molecule has 10 heteroatoms. The van der Waals surface area contributed by atoms with Crippen molar-refractivity contribution in [1.82, 2.24) is 0 Å². The fourth-order valence-corrected chi connectivity index (χ4v) is 0.595. The second-order valence-electron chi connectivity index (χ2n) is 1.82. The first-order chi connectivity index (χ1) is 5.44. The molecule has 0 saturated heterocycles. The molecule has 0 fully saturated rings. The van der Waals surface area contributed by atoms with Gasteiger partial charge in [-0.05, 0) is 0 Å². The highest BCUT2D eigenvalue weighted by atomic mass is 32.2.